The minimum atomic E-state index is -0.614. The van der Waals surface area contributed by atoms with E-state index < -0.39 is 29.7 Å². The lowest BCUT2D eigenvalue weighted by atomic mass is 10.2. The molecule has 1 saturated heterocycles. The predicted molar refractivity (Wildman–Crippen MR) is 69.4 cm³/mol. The lowest BCUT2D eigenvalue weighted by Crippen LogP contribution is -2.34. The second-order valence-corrected chi connectivity index (χ2v) is 4.62. The van der Waals surface area contributed by atoms with Crippen molar-refractivity contribution in [1.29, 1.82) is 0 Å². The Hall–Kier alpha value is -1.56. The summed E-state index contributed by atoms with van der Waals surface area (Å²) < 4.78 is 12.3. The molecule has 2 rings (SSSR count). The maximum atomic E-state index is 11.8. The maximum absolute atomic E-state index is 11.8. The first-order valence-corrected chi connectivity index (χ1v) is 6.37. The molecule has 1 aromatic rings. The van der Waals surface area contributed by atoms with Crippen molar-refractivity contribution in [3.63, 3.8) is 0 Å². The number of rotatable bonds is 6. The minimum absolute atomic E-state index is 0.00868. The van der Waals surface area contributed by atoms with Crippen LogP contribution in [0.15, 0.2) is 15.8 Å². The minimum Gasteiger partial charge on any atom is -0.360 e. The number of hydrogen-bond donors (Lipinski definition) is 4. The van der Waals surface area contributed by atoms with Gasteiger partial charge in [-0.2, -0.15) is 0 Å². The Morgan fingerprint density at radius 3 is 3.05 bits per heavy atom. The van der Waals surface area contributed by atoms with Crippen LogP contribution < -0.4 is 22.6 Å². The fourth-order valence-electron chi connectivity index (χ4n) is 2.24. The van der Waals surface area contributed by atoms with Gasteiger partial charge in [0.2, 0.25) is 0 Å². The average Bonchev–Trinajstić information content (AvgIpc) is 2.84. The smallest absolute Gasteiger partial charge is 0.330 e. The molecule has 1 aliphatic rings. The summed E-state index contributed by atoms with van der Waals surface area (Å²) in [5.74, 6) is 0. The van der Waals surface area contributed by atoms with Gasteiger partial charge in [-0.15, -0.1) is 0 Å². The van der Waals surface area contributed by atoms with E-state index in [4.69, 9.17) is 20.4 Å². The number of nitrogens with one attached hydrogen (secondary N) is 2. The summed E-state index contributed by atoms with van der Waals surface area (Å²) in [6, 6.07) is 0. The molecular weight excluding hydrogens is 284 g/mol. The van der Waals surface area contributed by atoms with E-state index in [1.54, 1.807) is 12.6 Å². The van der Waals surface area contributed by atoms with Gasteiger partial charge in [0.05, 0.1) is 19.4 Å². The van der Waals surface area contributed by atoms with Gasteiger partial charge in [0.15, 0.2) is 0 Å². The SMILES string of the molecule is Cc1cn([C@H]2C[C@@H](OCN)C(CONO)O2)c(=O)[nH]c1=O. The van der Waals surface area contributed by atoms with Gasteiger partial charge in [0, 0.05) is 18.2 Å². The first kappa shape index (κ1) is 15.8. The van der Waals surface area contributed by atoms with Crippen LogP contribution in [-0.2, 0) is 14.3 Å². The molecule has 1 aliphatic heterocycles. The van der Waals surface area contributed by atoms with Crippen LogP contribution in [0, 0.1) is 6.92 Å². The van der Waals surface area contributed by atoms with Crippen molar-refractivity contribution in [1.82, 2.24) is 15.2 Å². The summed E-state index contributed by atoms with van der Waals surface area (Å²) in [5, 5.41) is 8.45. The molecule has 21 heavy (non-hydrogen) atoms. The standard InChI is InChI=1S/C11H18N4O6/c1-6-3-15(11(17)13-10(6)16)9-2-7(19-5-12)8(21-9)4-20-14-18/h3,7-9,14,18H,2,4-5,12H2,1H3,(H,13,16,17)/t7-,8?,9-/m1/s1. The number of aromatic amines is 1. The molecule has 0 amide bonds. The molecule has 2 heterocycles. The van der Waals surface area contributed by atoms with Crippen LogP contribution in [0.3, 0.4) is 0 Å². The molecular formula is C11H18N4O6. The highest BCUT2D eigenvalue weighted by atomic mass is 16.8. The quantitative estimate of drug-likeness (QED) is 0.361. The zero-order chi connectivity index (χ0) is 15.4. The summed E-state index contributed by atoms with van der Waals surface area (Å²) in [7, 11) is 0. The molecule has 10 nitrogen and oxygen atoms in total. The molecule has 0 aromatic carbocycles. The predicted octanol–water partition coefficient (Wildman–Crippen LogP) is -1.66. The maximum Gasteiger partial charge on any atom is 0.330 e. The molecule has 1 unspecified atom stereocenters. The van der Waals surface area contributed by atoms with Crippen LogP contribution in [0.2, 0.25) is 0 Å². The van der Waals surface area contributed by atoms with Gasteiger partial charge in [0.1, 0.15) is 12.3 Å². The van der Waals surface area contributed by atoms with Crippen molar-refractivity contribution < 1.29 is 19.5 Å². The lowest BCUT2D eigenvalue weighted by Gasteiger charge is -2.17. The van der Waals surface area contributed by atoms with E-state index in [9.17, 15) is 9.59 Å². The zero-order valence-electron chi connectivity index (χ0n) is 11.4. The number of H-pyrrole nitrogens is 1. The molecule has 3 atom stereocenters. The molecule has 0 bridgehead atoms. The van der Waals surface area contributed by atoms with Crippen LogP contribution in [-0.4, -0.2) is 40.3 Å². The van der Waals surface area contributed by atoms with Crippen molar-refractivity contribution in [2.45, 2.75) is 31.8 Å². The third-order valence-corrected chi connectivity index (χ3v) is 3.26. The third-order valence-electron chi connectivity index (χ3n) is 3.26. The van der Waals surface area contributed by atoms with E-state index in [2.05, 4.69) is 9.82 Å². The van der Waals surface area contributed by atoms with E-state index >= 15 is 0 Å². The molecule has 0 saturated carbocycles. The number of nitrogens with zero attached hydrogens (tertiary/aromatic N) is 1. The molecule has 5 N–H and O–H groups in total. The van der Waals surface area contributed by atoms with Gasteiger partial charge in [-0.25, -0.2) is 4.79 Å². The number of ether oxygens (including phenoxy) is 2. The van der Waals surface area contributed by atoms with E-state index in [1.807, 2.05) is 0 Å². The summed E-state index contributed by atoms with van der Waals surface area (Å²) in [5.41, 5.74) is 6.31. The summed E-state index contributed by atoms with van der Waals surface area (Å²) >= 11 is 0. The third kappa shape index (κ3) is 3.56. The first-order chi connectivity index (χ1) is 10.1. The number of aromatic nitrogens is 2. The second-order valence-electron chi connectivity index (χ2n) is 4.62. The largest absolute Gasteiger partial charge is 0.360 e. The van der Waals surface area contributed by atoms with Crippen LogP contribution in [0.25, 0.3) is 0 Å². The Balaban J connectivity index is 2.20. The van der Waals surface area contributed by atoms with Gasteiger partial charge < -0.3 is 15.2 Å². The highest BCUT2D eigenvalue weighted by Crippen LogP contribution is 2.29. The lowest BCUT2D eigenvalue weighted by molar-refractivity contribution is -0.167. The van der Waals surface area contributed by atoms with Crippen molar-refractivity contribution in [3.8, 4) is 0 Å². The van der Waals surface area contributed by atoms with E-state index in [0.717, 1.165) is 0 Å². The fraction of sp³-hybridized carbons (Fsp3) is 0.636. The summed E-state index contributed by atoms with van der Waals surface area (Å²) in [6.45, 7) is 1.59. The van der Waals surface area contributed by atoms with Crippen LogP contribution >= 0.6 is 0 Å². The molecule has 0 radical (unpaired) electrons. The van der Waals surface area contributed by atoms with Gasteiger partial charge >= 0.3 is 5.69 Å². The Kier molecular flexibility index (Phi) is 5.22. The zero-order valence-corrected chi connectivity index (χ0v) is 11.4. The molecule has 0 aliphatic carbocycles. The molecule has 10 heteroatoms. The van der Waals surface area contributed by atoms with Crippen LogP contribution in [0.1, 0.15) is 18.2 Å². The second kappa shape index (κ2) is 6.93. The number of aryl methyl sites for hydroxylation is 1. The topological polar surface area (TPSA) is 141 Å². The van der Waals surface area contributed by atoms with Crippen molar-refractivity contribution >= 4 is 0 Å². The monoisotopic (exact) mass is 302 g/mol. The highest BCUT2D eigenvalue weighted by molar-refractivity contribution is 5.02. The Bertz CT molecular complexity index is 585. The number of nitrogens with two attached hydrogens (primary N) is 1. The summed E-state index contributed by atoms with van der Waals surface area (Å²) in [4.78, 5) is 30.1. The van der Waals surface area contributed by atoms with Crippen molar-refractivity contribution in [2.75, 3.05) is 13.3 Å². The van der Waals surface area contributed by atoms with Crippen LogP contribution in [0.5, 0.6) is 0 Å². The van der Waals surface area contributed by atoms with Gasteiger partial charge in [-0.1, -0.05) is 5.64 Å². The van der Waals surface area contributed by atoms with Gasteiger partial charge in [0.25, 0.3) is 5.56 Å². The molecule has 0 spiro atoms. The highest BCUT2D eigenvalue weighted by Gasteiger charge is 2.37. The Labute approximate surface area is 119 Å². The number of hydrogen-bond acceptors (Lipinski definition) is 8. The van der Waals surface area contributed by atoms with E-state index in [0.29, 0.717) is 12.0 Å². The van der Waals surface area contributed by atoms with E-state index in [1.165, 1.54) is 10.8 Å². The van der Waals surface area contributed by atoms with Gasteiger partial charge in [-0.3, -0.25) is 24.4 Å². The molecule has 1 fully saturated rings. The normalized spacial score (nSPS) is 25.4. The molecule has 118 valence electrons. The fourth-order valence-corrected chi connectivity index (χ4v) is 2.24. The van der Waals surface area contributed by atoms with Gasteiger partial charge in [-0.05, 0) is 6.92 Å². The Morgan fingerprint density at radius 1 is 1.62 bits per heavy atom. The van der Waals surface area contributed by atoms with Crippen LogP contribution in [0.4, 0.5) is 0 Å². The first-order valence-electron chi connectivity index (χ1n) is 6.37. The van der Waals surface area contributed by atoms with E-state index in [-0.39, 0.29) is 13.3 Å². The summed E-state index contributed by atoms with van der Waals surface area (Å²) in [6.07, 6.45) is 0.266. The molecule has 1 aromatic heterocycles. The Morgan fingerprint density at radius 2 is 2.38 bits per heavy atom. The van der Waals surface area contributed by atoms with Crippen molar-refractivity contribution in [2.24, 2.45) is 5.73 Å². The van der Waals surface area contributed by atoms with Crippen molar-refractivity contribution in [3.05, 3.63) is 32.6 Å². The average molecular weight is 302 g/mol.